The lowest BCUT2D eigenvalue weighted by Gasteiger charge is -2.11. The number of hydrogen-bond donors (Lipinski definition) is 1. The van der Waals surface area contributed by atoms with Crippen LogP contribution in [-0.4, -0.2) is 22.0 Å². The van der Waals surface area contributed by atoms with Gasteiger partial charge in [-0.2, -0.15) is 0 Å². The van der Waals surface area contributed by atoms with E-state index < -0.39 is 0 Å². The van der Waals surface area contributed by atoms with E-state index in [4.69, 9.17) is 32.6 Å². The molecule has 7 heteroatoms. The van der Waals surface area contributed by atoms with E-state index in [0.29, 0.717) is 28.9 Å². The standard InChI is InChI=1S/C22H19Cl2N3O2/c23-16-10-9-15(13-17(16)24)14-27-19-6-2-1-5-18(19)26-21(27)8-3-11-25-22(28)20-7-4-12-29-20/h1-2,4-7,9-10,12-13H,3,8,11,14H2,(H,25,28). The van der Waals surface area contributed by atoms with Crippen LogP contribution in [0.3, 0.4) is 0 Å². The lowest BCUT2D eigenvalue weighted by molar-refractivity contribution is 0.0925. The number of nitrogens with one attached hydrogen (secondary N) is 1. The molecule has 4 aromatic rings. The molecule has 0 aliphatic rings. The first-order valence-electron chi connectivity index (χ1n) is 9.31. The molecule has 0 atom stereocenters. The van der Waals surface area contributed by atoms with Gasteiger partial charge in [0.05, 0.1) is 27.3 Å². The summed E-state index contributed by atoms with van der Waals surface area (Å²) in [6.45, 7) is 1.18. The van der Waals surface area contributed by atoms with Crippen LogP contribution in [0.25, 0.3) is 11.0 Å². The third kappa shape index (κ3) is 4.47. The minimum atomic E-state index is -0.209. The van der Waals surface area contributed by atoms with Gasteiger partial charge in [0.1, 0.15) is 5.82 Å². The van der Waals surface area contributed by atoms with Gasteiger partial charge in [0, 0.05) is 19.5 Å². The van der Waals surface area contributed by atoms with Crippen molar-refractivity contribution in [2.24, 2.45) is 0 Å². The summed E-state index contributed by atoms with van der Waals surface area (Å²) in [4.78, 5) is 16.8. The van der Waals surface area contributed by atoms with Crippen LogP contribution in [0.4, 0.5) is 0 Å². The number of aryl methyl sites for hydroxylation is 1. The molecule has 4 rings (SSSR count). The van der Waals surface area contributed by atoms with E-state index >= 15 is 0 Å². The Balaban J connectivity index is 1.49. The molecular formula is C22H19Cl2N3O2. The van der Waals surface area contributed by atoms with E-state index in [0.717, 1.165) is 35.3 Å². The number of para-hydroxylation sites is 2. The molecule has 148 valence electrons. The molecule has 0 saturated heterocycles. The molecule has 0 spiro atoms. The Morgan fingerprint density at radius 3 is 2.72 bits per heavy atom. The number of imidazole rings is 1. The molecule has 0 radical (unpaired) electrons. The molecule has 2 aromatic heterocycles. The fourth-order valence-electron chi connectivity index (χ4n) is 3.26. The first-order chi connectivity index (χ1) is 14.1. The highest BCUT2D eigenvalue weighted by Crippen LogP contribution is 2.25. The van der Waals surface area contributed by atoms with Crippen molar-refractivity contribution in [3.8, 4) is 0 Å². The maximum Gasteiger partial charge on any atom is 0.286 e. The van der Waals surface area contributed by atoms with Gasteiger partial charge >= 0.3 is 0 Å². The number of rotatable bonds is 7. The molecule has 2 aromatic carbocycles. The molecule has 5 nitrogen and oxygen atoms in total. The van der Waals surface area contributed by atoms with Gasteiger partial charge in [0.2, 0.25) is 0 Å². The van der Waals surface area contributed by atoms with Gasteiger partial charge in [-0.3, -0.25) is 4.79 Å². The van der Waals surface area contributed by atoms with Crippen molar-refractivity contribution < 1.29 is 9.21 Å². The van der Waals surface area contributed by atoms with Crippen LogP contribution in [0.2, 0.25) is 10.0 Å². The molecule has 0 unspecified atom stereocenters. The number of nitrogens with zero attached hydrogens (tertiary/aromatic N) is 2. The Labute approximate surface area is 178 Å². The summed E-state index contributed by atoms with van der Waals surface area (Å²) in [7, 11) is 0. The molecule has 1 amide bonds. The Morgan fingerprint density at radius 2 is 1.93 bits per heavy atom. The first kappa shape index (κ1) is 19.6. The van der Waals surface area contributed by atoms with Gasteiger partial charge in [0.25, 0.3) is 5.91 Å². The summed E-state index contributed by atoms with van der Waals surface area (Å²) < 4.78 is 7.29. The van der Waals surface area contributed by atoms with Crippen molar-refractivity contribution in [3.05, 3.63) is 88.1 Å². The smallest absolute Gasteiger partial charge is 0.286 e. The van der Waals surface area contributed by atoms with Gasteiger partial charge in [-0.05, 0) is 48.4 Å². The first-order valence-corrected chi connectivity index (χ1v) is 10.1. The summed E-state index contributed by atoms with van der Waals surface area (Å²) in [6, 6.07) is 17.0. The lowest BCUT2D eigenvalue weighted by Crippen LogP contribution is -2.24. The predicted octanol–water partition coefficient (Wildman–Crippen LogP) is 5.35. The topological polar surface area (TPSA) is 60.1 Å². The number of amides is 1. The van der Waals surface area contributed by atoms with Crippen LogP contribution in [-0.2, 0) is 13.0 Å². The summed E-state index contributed by atoms with van der Waals surface area (Å²) in [5, 5.41) is 3.95. The van der Waals surface area contributed by atoms with Crippen molar-refractivity contribution in [3.63, 3.8) is 0 Å². The number of aromatic nitrogens is 2. The van der Waals surface area contributed by atoms with E-state index in [-0.39, 0.29) is 5.91 Å². The molecular weight excluding hydrogens is 409 g/mol. The Hall–Kier alpha value is -2.76. The van der Waals surface area contributed by atoms with Crippen LogP contribution >= 0.6 is 23.2 Å². The average Bonchev–Trinajstić information content (AvgIpc) is 3.37. The van der Waals surface area contributed by atoms with Gasteiger partial charge in [-0.15, -0.1) is 0 Å². The molecule has 0 aliphatic carbocycles. The second-order valence-corrected chi connectivity index (χ2v) is 7.50. The zero-order valence-electron chi connectivity index (χ0n) is 15.6. The summed E-state index contributed by atoms with van der Waals surface area (Å²) in [6.07, 6.45) is 2.98. The Kier molecular flexibility index (Phi) is 5.88. The van der Waals surface area contributed by atoms with Crippen LogP contribution in [0.15, 0.2) is 65.3 Å². The molecule has 2 heterocycles. The molecule has 1 N–H and O–H groups in total. The SMILES string of the molecule is O=C(NCCCc1nc2ccccc2n1Cc1ccc(Cl)c(Cl)c1)c1ccco1. The number of halogens is 2. The second kappa shape index (κ2) is 8.72. The van der Waals surface area contributed by atoms with Crippen LogP contribution < -0.4 is 5.32 Å². The summed E-state index contributed by atoms with van der Waals surface area (Å²) >= 11 is 12.2. The molecule has 0 aliphatic heterocycles. The second-order valence-electron chi connectivity index (χ2n) is 6.69. The van der Waals surface area contributed by atoms with Gasteiger partial charge < -0.3 is 14.3 Å². The molecule has 29 heavy (non-hydrogen) atoms. The number of furan rings is 1. The number of benzene rings is 2. The van der Waals surface area contributed by atoms with Crippen LogP contribution in [0.1, 0.15) is 28.4 Å². The average molecular weight is 428 g/mol. The van der Waals surface area contributed by atoms with Gasteiger partial charge in [-0.1, -0.05) is 41.4 Å². The number of carbonyl (C=O) groups is 1. The monoisotopic (exact) mass is 427 g/mol. The predicted molar refractivity (Wildman–Crippen MR) is 115 cm³/mol. The molecule has 0 bridgehead atoms. The minimum Gasteiger partial charge on any atom is -0.459 e. The molecule has 0 fully saturated rings. The largest absolute Gasteiger partial charge is 0.459 e. The minimum absolute atomic E-state index is 0.209. The van der Waals surface area contributed by atoms with E-state index in [1.54, 1.807) is 12.1 Å². The quantitative estimate of drug-likeness (QED) is 0.404. The fourth-order valence-corrected chi connectivity index (χ4v) is 3.58. The summed E-state index contributed by atoms with van der Waals surface area (Å²) in [5.41, 5.74) is 3.06. The van der Waals surface area contributed by atoms with E-state index in [9.17, 15) is 4.79 Å². The van der Waals surface area contributed by atoms with E-state index in [1.165, 1.54) is 6.26 Å². The number of hydrogen-bond acceptors (Lipinski definition) is 3. The summed E-state index contributed by atoms with van der Waals surface area (Å²) in [5.74, 6) is 1.07. The van der Waals surface area contributed by atoms with Gasteiger partial charge in [0.15, 0.2) is 5.76 Å². The normalized spacial score (nSPS) is 11.1. The lowest BCUT2D eigenvalue weighted by atomic mass is 10.2. The van der Waals surface area contributed by atoms with Crippen molar-refractivity contribution >= 4 is 40.1 Å². The van der Waals surface area contributed by atoms with Crippen molar-refractivity contribution in [2.45, 2.75) is 19.4 Å². The van der Waals surface area contributed by atoms with Gasteiger partial charge in [-0.25, -0.2) is 4.98 Å². The van der Waals surface area contributed by atoms with Crippen molar-refractivity contribution in [2.75, 3.05) is 6.54 Å². The Bertz CT molecular complexity index is 1140. The Morgan fingerprint density at radius 1 is 1.07 bits per heavy atom. The number of carbonyl (C=O) groups excluding carboxylic acids is 1. The number of fused-ring (bicyclic) bond motifs is 1. The zero-order chi connectivity index (χ0) is 20.2. The third-order valence-electron chi connectivity index (χ3n) is 4.67. The van der Waals surface area contributed by atoms with Crippen LogP contribution in [0.5, 0.6) is 0 Å². The zero-order valence-corrected chi connectivity index (χ0v) is 17.1. The highest BCUT2D eigenvalue weighted by molar-refractivity contribution is 6.42. The maximum absolute atomic E-state index is 12.0. The highest BCUT2D eigenvalue weighted by Gasteiger charge is 2.12. The highest BCUT2D eigenvalue weighted by atomic mass is 35.5. The fraction of sp³-hybridized carbons (Fsp3) is 0.182. The van der Waals surface area contributed by atoms with Crippen molar-refractivity contribution in [1.82, 2.24) is 14.9 Å². The van der Waals surface area contributed by atoms with E-state index in [2.05, 4.69) is 16.0 Å². The van der Waals surface area contributed by atoms with E-state index in [1.807, 2.05) is 36.4 Å². The third-order valence-corrected chi connectivity index (χ3v) is 5.41. The maximum atomic E-state index is 12.0. The van der Waals surface area contributed by atoms with Crippen LogP contribution in [0, 0.1) is 0 Å². The van der Waals surface area contributed by atoms with Crippen molar-refractivity contribution in [1.29, 1.82) is 0 Å². The molecule has 0 saturated carbocycles.